The van der Waals surface area contributed by atoms with Gasteiger partial charge < -0.3 is 16.0 Å². The van der Waals surface area contributed by atoms with Crippen molar-refractivity contribution in [3.63, 3.8) is 0 Å². The second-order valence-corrected chi connectivity index (χ2v) is 5.39. The number of hydrogen-bond acceptors (Lipinski definition) is 3. The molecule has 1 rings (SSSR count). The van der Waals surface area contributed by atoms with Gasteiger partial charge in [-0.3, -0.25) is 9.59 Å². The lowest BCUT2D eigenvalue weighted by Gasteiger charge is -2.21. The third-order valence-corrected chi connectivity index (χ3v) is 3.55. The van der Waals surface area contributed by atoms with Gasteiger partial charge in [0, 0.05) is 12.7 Å². The maximum absolute atomic E-state index is 12.0. The van der Waals surface area contributed by atoms with E-state index in [0.717, 1.165) is 23.2 Å². The molecule has 0 spiro atoms. The highest BCUT2D eigenvalue weighted by Gasteiger charge is 2.19. The third-order valence-electron chi connectivity index (χ3n) is 3.55. The quantitative estimate of drug-likeness (QED) is 0.841. The molecule has 0 fully saturated rings. The van der Waals surface area contributed by atoms with E-state index < -0.39 is 6.04 Å². The first-order valence-corrected chi connectivity index (χ1v) is 7.23. The van der Waals surface area contributed by atoms with Crippen LogP contribution >= 0.6 is 12.4 Å². The van der Waals surface area contributed by atoms with Crippen LogP contribution in [0.4, 0.5) is 5.69 Å². The van der Waals surface area contributed by atoms with Crippen molar-refractivity contribution in [2.45, 2.75) is 39.7 Å². The minimum Gasteiger partial charge on any atom is -0.335 e. The molecule has 0 aliphatic heterocycles. The van der Waals surface area contributed by atoms with Crippen molar-refractivity contribution in [3.05, 3.63) is 29.3 Å². The summed E-state index contributed by atoms with van der Waals surface area (Å²) < 4.78 is 0. The number of likely N-dealkylation sites (N-methyl/N-ethyl adjacent to an activating group) is 1. The second kappa shape index (κ2) is 9.43. The first-order chi connectivity index (χ1) is 9.86. The normalized spacial score (nSPS) is 11.3. The predicted molar refractivity (Wildman–Crippen MR) is 92.3 cm³/mol. The number of nitrogens with two attached hydrogens (primary N) is 1. The number of hydrogen-bond donors (Lipinski definition) is 2. The van der Waals surface area contributed by atoms with Gasteiger partial charge in [-0.1, -0.05) is 25.5 Å². The molecular formula is C16H26ClN3O2. The molecule has 1 atom stereocenters. The lowest BCUT2D eigenvalue weighted by Crippen LogP contribution is -2.44. The summed E-state index contributed by atoms with van der Waals surface area (Å²) in [5.74, 6) is -0.420. The molecule has 0 aromatic heterocycles. The molecule has 3 N–H and O–H groups in total. The first kappa shape index (κ1) is 20.4. The fourth-order valence-corrected chi connectivity index (χ4v) is 2.09. The van der Waals surface area contributed by atoms with E-state index in [1.165, 1.54) is 4.90 Å². The zero-order valence-corrected chi connectivity index (χ0v) is 14.5. The summed E-state index contributed by atoms with van der Waals surface area (Å²) in [6.45, 7) is 5.92. The molecule has 1 aromatic carbocycles. The molecule has 1 unspecified atom stereocenters. The Morgan fingerprint density at radius 1 is 1.32 bits per heavy atom. The minimum atomic E-state index is -0.534. The standard InChI is InChI=1S/C16H25N3O2.ClH/c1-5-7-13(17)16(21)19(4)10-15(20)18-14-9-6-8-11(2)12(14)3;/h6,8-9,13H,5,7,10,17H2,1-4H3,(H,18,20);1H. The van der Waals surface area contributed by atoms with Gasteiger partial charge in [0.2, 0.25) is 11.8 Å². The average molecular weight is 328 g/mol. The molecule has 1 aromatic rings. The highest BCUT2D eigenvalue weighted by Crippen LogP contribution is 2.17. The number of rotatable bonds is 6. The number of nitrogens with one attached hydrogen (secondary N) is 1. The number of aryl methyl sites for hydroxylation is 1. The fraction of sp³-hybridized carbons (Fsp3) is 0.500. The molecule has 0 saturated carbocycles. The molecule has 22 heavy (non-hydrogen) atoms. The molecule has 0 aliphatic carbocycles. The highest BCUT2D eigenvalue weighted by atomic mass is 35.5. The third kappa shape index (κ3) is 5.66. The Labute approximate surface area is 138 Å². The smallest absolute Gasteiger partial charge is 0.243 e. The van der Waals surface area contributed by atoms with Gasteiger partial charge in [-0.05, 0) is 37.5 Å². The number of carbonyl (C=O) groups excluding carboxylic acids is 2. The van der Waals surface area contributed by atoms with E-state index >= 15 is 0 Å². The van der Waals surface area contributed by atoms with Gasteiger partial charge in [-0.25, -0.2) is 0 Å². The largest absolute Gasteiger partial charge is 0.335 e. The summed E-state index contributed by atoms with van der Waals surface area (Å²) in [4.78, 5) is 25.4. The van der Waals surface area contributed by atoms with E-state index in [0.29, 0.717) is 6.42 Å². The van der Waals surface area contributed by atoms with Crippen LogP contribution < -0.4 is 11.1 Å². The van der Waals surface area contributed by atoms with Gasteiger partial charge in [0.1, 0.15) is 0 Å². The maximum atomic E-state index is 12.0. The van der Waals surface area contributed by atoms with E-state index in [1.807, 2.05) is 39.0 Å². The van der Waals surface area contributed by atoms with Crippen LogP contribution in [0.15, 0.2) is 18.2 Å². The van der Waals surface area contributed by atoms with Crippen LogP contribution in [-0.4, -0.2) is 36.3 Å². The predicted octanol–water partition coefficient (Wildman–Crippen LogP) is 2.25. The molecule has 0 radical (unpaired) electrons. The monoisotopic (exact) mass is 327 g/mol. The topological polar surface area (TPSA) is 75.4 Å². The van der Waals surface area contributed by atoms with Crippen LogP contribution in [0.25, 0.3) is 0 Å². The van der Waals surface area contributed by atoms with Crippen LogP contribution in [0.3, 0.4) is 0 Å². The molecule has 0 bridgehead atoms. The van der Waals surface area contributed by atoms with Crippen molar-refractivity contribution in [2.75, 3.05) is 18.9 Å². The number of carbonyl (C=O) groups is 2. The summed E-state index contributed by atoms with van der Waals surface area (Å²) >= 11 is 0. The molecule has 2 amide bonds. The van der Waals surface area contributed by atoms with E-state index in [9.17, 15) is 9.59 Å². The van der Waals surface area contributed by atoms with Gasteiger partial charge in [0.05, 0.1) is 12.6 Å². The van der Waals surface area contributed by atoms with Gasteiger partial charge in [0.25, 0.3) is 0 Å². The Morgan fingerprint density at radius 2 is 1.95 bits per heavy atom. The molecule has 124 valence electrons. The molecule has 0 aliphatic rings. The van der Waals surface area contributed by atoms with Gasteiger partial charge in [0.15, 0.2) is 0 Å². The SMILES string of the molecule is CCCC(N)C(=O)N(C)CC(=O)Nc1cccc(C)c1C.Cl. The number of benzene rings is 1. The van der Waals surface area contributed by atoms with Crippen LogP contribution in [0, 0.1) is 13.8 Å². The number of halogens is 1. The summed E-state index contributed by atoms with van der Waals surface area (Å²) in [6.07, 6.45) is 1.47. The summed E-state index contributed by atoms with van der Waals surface area (Å²) in [5, 5.41) is 2.83. The molecular weight excluding hydrogens is 302 g/mol. The van der Waals surface area contributed by atoms with Crippen LogP contribution in [-0.2, 0) is 9.59 Å². The Hall–Kier alpha value is -1.59. The zero-order valence-electron chi connectivity index (χ0n) is 13.7. The lowest BCUT2D eigenvalue weighted by atomic mass is 10.1. The van der Waals surface area contributed by atoms with E-state index in [-0.39, 0.29) is 30.8 Å². The first-order valence-electron chi connectivity index (χ1n) is 7.23. The lowest BCUT2D eigenvalue weighted by molar-refractivity contribution is -0.134. The Balaban J connectivity index is 0.00000441. The Morgan fingerprint density at radius 3 is 2.55 bits per heavy atom. The van der Waals surface area contributed by atoms with Crippen molar-refractivity contribution in [1.29, 1.82) is 0 Å². The Kier molecular flexibility index (Phi) is 8.75. The number of amides is 2. The maximum Gasteiger partial charge on any atom is 0.243 e. The molecule has 6 heteroatoms. The average Bonchev–Trinajstić information content (AvgIpc) is 2.43. The van der Waals surface area contributed by atoms with Crippen molar-refractivity contribution in [3.8, 4) is 0 Å². The molecule has 0 saturated heterocycles. The van der Waals surface area contributed by atoms with Crippen molar-refractivity contribution in [2.24, 2.45) is 5.73 Å². The highest BCUT2D eigenvalue weighted by molar-refractivity contribution is 5.95. The summed E-state index contributed by atoms with van der Waals surface area (Å²) in [5.41, 5.74) is 8.70. The molecule has 0 heterocycles. The summed E-state index contributed by atoms with van der Waals surface area (Å²) in [7, 11) is 1.60. The van der Waals surface area contributed by atoms with Gasteiger partial charge in [-0.2, -0.15) is 0 Å². The summed E-state index contributed by atoms with van der Waals surface area (Å²) in [6, 6.07) is 5.20. The number of anilines is 1. The van der Waals surface area contributed by atoms with E-state index in [2.05, 4.69) is 5.32 Å². The molecule has 5 nitrogen and oxygen atoms in total. The minimum absolute atomic E-state index is 0. The van der Waals surface area contributed by atoms with E-state index in [1.54, 1.807) is 7.05 Å². The van der Waals surface area contributed by atoms with Crippen LogP contribution in [0.5, 0.6) is 0 Å². The van der Waals surface area contributed by atoms with Crippen molar-refractivity contribution < 1.29 is 9.59 Å². The van der Waals surface area contributed by atoms with Crippen LogP contribution in [0.1, 0.15) is 30.9 Å². The van der Waals surface area contributed by atoms with Gasteiger partial charge >= 0.3 is 0 Å². The van der Waals surface area contributed by atoms with Gasteiger partial charge in [-0.15, -0.1) is 12.4 Å². The van der Waals surface area contributed by atoms with Crippen LogP contribution in [0.2, 0.25) is 0 Å². The second-order valence-electron chi connectivity index (χ2n) is 5.39. The van der Waals surface area contributed by atoms with Crippen molar-refractivity contribution >= 4 is 29.9 Å². The number of nitrogens with zero attached hydrogens (tertiary/aromatic N) is 1. The Bertz CT molecular complexity index is 520. The van der Waals surface area contributed by atoms with E-state index in [4.69, 9.17) is 5.73 Å². The van der Waals surface area contributed by atoms with Crippen molar-refractivity contribution in [1.82, 2.24) is 4.90 Å². The zero-order chi connectivity index (χ0) is 16.0. The fourth-order valence-electron chi connectivity index (χ4n) is 2.09.